The molecule has 0 saturated carbocycles. The summed E-state index contributed by atoms with van der Waals surface area (Å²) in [5.41, 5.74) is 3.38. The number of esters is 1. The monoisotopic (exact) mass is 436 g/mol. The average molecular weight is 437 g/mol. The largest absolute Gasteiger partial charge is 0.462 e. The van der Waals surface area contributed by atoms with Gasteiger partial charge in [-0.05, 0) is 60.8 Å². The summed E-state index contributed by atoms with van der Waals surface area (Å²) >= 11 is 1.42. The minimum atomic E-state index is -0.521. The van der Waals surface area contributed by atoms with Crippen molar-refractivity contribution < 1.29 is 14.3 Å². The van der Waals surface area contributed by atoms with E-state index >= 15 is 0 Å². The molecule has 3 rings (SSSR count). The Hall–Kier alpha value is -2.91. The van der Waals surface area contributed by atoms with E-state index in [1.165, 1.54) is 16.9 Å². The van der Waals surface area contributed by atoms with Crippen molar-refractivity contribution in [2.24, 2.45) is 5.92 Å². The second-order valence-corrected chi connectivity index (χ2v) is 9.33. The van der Waals surface area contributed by atoms with Crippen molar-refractivity contribution in [2.75, 3.05) is 11.9 Å². The van der Waals surface area contributed by atoms with Gasteiger partial charge >= 0.3 is 5.97 Å². The number of anilines is 1. The van der Waals surface area contributed by atoms with Crippen molar-refractivity contribution in [3.8, 4) is 6.07 Å². The average Bonchev–Trinajstić information content (AvgIpc) is 3.09. The molecule has 1 aromatic carbocycles. The molecular formula is C25H28N2O3S. The molecule has 162 valence electrons. The number of thiophene rings is 1. The van der Waals surface area contributed by atoms with E-state index in [9.17, 15) is 14.9 Å². The van der Waals surface area contributed by atoms with Crippen LogP contribution >= 0.6 is 11.3 Å². The van der Waals surface area contributed by atoms with Gasteiger partial charge in [-0.3, -0.25) is 4.79 Å². The lowest BCUT2D eigenvalue weighted by molar-refractivity contribution is -0.112. The number of nitriles is 1. The van der Waals surface area contributed by atoms with Crippen LogP contribution in [0.25, 0.3) is 6.08 Å². The number of benzene rings is 1. The topological polar surface area (TPSA) is 79.2 Å². The Kier molecular flexibility index (Phi) is 7.29. The van der Waals surface area contributed by atoms with Gasteiger partial charge in [0.05, 0.1) is 12.2 Å². The number of nitrogens with one attached hydrogen (secondary N) is 1. The van der Waals surface area contributed by atoms with Crippen LogP contribution in [-0.4, -0.2) is 18.5 Å². The predicted molar refractivity (Wildman–Crippen MR) is 124 cm³/mol. The first kappa shape index (κ1) is 22.8. The van der Waals surface area contributed by atoms with E-state index in [0.717, 1.165) is 35.3 Å². The predicted octanol–water partition coefficient (Wildman–Crippen LogP) is 5.72. The Bertz CT molecular complexity index is 1040. The lowest BCUT2D eigenvalue weighted by Gasteiger charge is -2.18. The van der Waals surface area contributed by atoms with Gasteiger partial charge in [-0.15, -0.1) is 11.3 Å². The summed E-state index contributed by atoms with van der Waals surface area (Å²) in [6, 6.07) is 9.78. The Morgan fingerprint density at radius 1 is 1.32 bits per heavy atom. The molecule has 1 unspecified atom stereocenters. The number of amides is 1. The van der Waals surface area contributed by atoms with E-state index in [4.69, 9.17) is 4.74 Å². The Morgan fingerprint density at radius 3 is 2.65 bits per heavy atom. The van der Waals surface area contributed by atoms with Gasteiger partial charge in [0.15, 0.2) is 0 Å². The molecule has 1 N–H and O–H groups in total. The molecule has 1 aliphatic rings. The first-order valence-corrected chi connectivity index (χ1v) is 11.5. The standard InChI is InChI=1S/C25H28N2O3S/c1-5-30-25(29)22-20-11-6-16(4)12-21(20)31-24(22)27-23(28)19(14-26)13-17-7-9-18(10-8-17)15(2)3/h7-10,13,15-16H,5-6,11-12H2,1-4H3,(H,27,28)/b19-13+. The number of rotatable bonds is 6. The van der Waals surface area contributed by atoms with Crippen LogP contribution in [0.4, 0.5) is 5.00 Å². The van der Waals surface area contributed by atoms with Crippen LogP contribution in [0.1, 0.15) is 72.0 Å². The van der Waals surface area contributed by atoms with Crippen molar-refractivity contribution in [1.29, 1.82) is 5.26 Å². The molecule has 0 fully saturated rings. The molecule has 0 saturated heterocycles. The molecule has 1 aliphatic carbocycles. The van der Waals surface area contributed by atoms with Crippen LogP contribution in [0.15, 0.2) is 29.8 Å². The number of hydrogen-bond donors (Lipinski definition) is 1. The second-order valence-electron chi connectivity index (χ2n) is 8.22. The quantitative estimate of drug-likeness (QED) is 0.357. The lowest BCUT2D eigenvalue weighted by atomic mass is 9.88. The normalized spacial score (nSPS) is 15.9. The van der Waals surface area contributed by atoms with Gasteiger partial charge in [0.2, 0.25) is 0 Å². The summed E-state index contributed by atoms with van der Waals surface area (Å²) in [6.45, 7) is 8.44. The molecule has 1 amide bonds. The van der Waals surface area contributed by atoms with Crippen LogP contribution in [0.2, 0.25) is 0 Å². The molecule has 2 aromatic rings. The third kappa shape index (κ3) is 5.23. The molecular weight excluding hydrogens is 408 g/mol. The number of carbonyl (C=O) groups is 2. The molecule has 31 heavy (non-hydrogen) atoms. The lowest BCUT2D eigenvalue weighted by Crippen LogP contribution is -2.17. The number of fused-ring (bicyclic) bond motifs is 1. The molecule has 1 heterocycles. The second kappa shape index (κ2) is 9.93. The summed E-state index contributed by atoms with van der Waals surface area (Å²) < 4.78 is 5.25. The molecule has 0 spiro atoms. The fourth-order valence-electron chi connectivity index (χ4n) is 3.72. The van der Waals surface area contributed by atoms with Crippen molar-refractivity contribution in [3.05, 3.63) is 57.0 Å². The Labute approximate surface area is 187 Å². The highest BCUT2D eigenvalue weighted by atomic mass is 32.1. The van der Waals surface area contributed by atoms with Gasteiger partial charge in [0, 0.05) is 4.88 Å². The molecule has 5 nitrogen and oxygen atoms in total. The maximum atomic E-state index is 12.9. The van der Waals surface area contributed by atoms with Crippen LogP contribution in [0, 0.1) is 17.2 Å². The first-order chi connectivity index (χ1) is 14.8. The minimum absolute atomic E-state index is 0.00755. The van der Waals surface area contributed by atoms with Gasteiger partial charge in [0.1, 0.15) is 16.6 Å². The maximum absolute atomic E-state index is 12.9. The maximum Gasteiger partial charge on any atom is 0.341 e. The van der Waals surface area contributed by atoms with Crippen LogP contribution < -0.4 is 5.32 Å². The van der Waals surface area contributed by atoms with Crippen LogP contribution in [0.3, 0.4) is 0 Å². The molecule has 1 aromatic heterocycles. The van der Waals surface area contributed by atoms with Gasteiger partial charge < -0.3 is 10.1 Å². The molecule has 1 atom stereocenters. The number of ether oxygens (including phenoxy) is 1. The van der Waals surface area contributed by atoms with E-state index in [1.807, 2.05) is 30.3 Å². The zero-order valence-corrected chi connectivity index (χ0v) is 19.3. The van der Waals surface area contributed by atoms with Crippen LogP contribution in [-0.2, 0) is 22.4 Å². The van der Waals surface area contributed by atoms with Crippen LogP contribution in [0.5, 0.6) is 0 Å². The molecule has 6 heteroatoms. The molecule has 0 aliphatic heterocycles. The number of hydrogen-bond acceptors (Lipinski definition) is 5. The third-order valence-corrected chi connectivity index (χ3v) is 6.67. The highest BCUT2D eigenvalue weighted by Crippen LogP contribution is 2.40. The summed E-state index contributed by atoms with van der Waals surface area (Å²) in [4.78, 5) is 26.6. The molecule has 0 bridgehead atoms. The van der Waals surface area contributed by atoms with E-state index in [-0.39, 0.29) is 12.2 Å². The van der Waals surface area contributed by atoms with Crippen molar-refractivity contribution in [3.63, 3.8) is 0 Å². The van der Waals surface area contributed by atoms with E-state index < -0.39 is 11.9 Å². The van der Waals surface area contributed by atoms with Crippen molar-refractivity contribution in [1.82, 2.24) is 0 Å². The van der Waals surface area contributed by atoms with E-state index in [2.05, 4.69) is 26.1 Å². The summed E-state index contributed by atoms with van der Waals surface area (Å²) in [5, 5.41) is 12.9. The first-order valence-electron chi connectivity index (χ1n) is 10.7. The zero-order valence-electron chi connectivity index (χ0n) is 18.5. The van der Waals surface area contributed by atoms with E-state index in [0.29, 0.717) is 22.4 Å². The summed E-state index contributed by atoms with van der Waals surface area (Å²) in [6.07, 6.45) is 4.24. The third-order valence-electron chi connectivity index (χ3n) is 5.50. The van der Waals surface area contributed by atoms with E-state index in [1.54, 1.807) is 13.0 Å². The van der Waals surface area contributed by atoms with Gasteiger partial charge in [-0.1, -0.05) is 45.0 Å². The van der Waals surface area contributed by atoms with Crippen molar-refractivity contribution >= 4 is 34.3 Å². The van der Waals surface area contributed by atoms with Gasteiger partial charge in [0.25, 0.3) is 5.91 Å². The fourth-order valence-corrected chi connectivity index (χ4v) is 5.11. The number of nitrogens with zero attached hydrogens (tertiary/aromatic N) is 1. The summed E-state index contributed by atoms with van der Waals surface area (Å²) in [5.74, 6) is 0.00279. The highest BCUT2D eigenvalue weighted by Gasteiger charge is 2.29. The van der Waals surface area contributed by atoms with Crippen molar-refractivity contribution in [2.45, 2.75) is 52.9 Å². The zero-order chi connectivity index (χ0) is 22.5. The van der Waals surface area contributed by atoms with Gasteiger partial charge in [-0.25, -0.2) is 4.79 Å². The minimum Gasteiger partial charge on any atom is -0.462 e. The SMILES string of the molecule is CCOC(=O)c1c(NC(=O)/C(C#N)=C/c2ccc(C(C)C)cc2)sc2c1CCC(C)C2. The smallest absolute Gasteiger partial charge is 0.341 e. The fraction of sp³-hybridized carbons (Fsp3) is 0.400. The highest BCUT2D eigenvalue weighted by molar-refractivity contribution is 7.17. The Balaban J connectivity index is 1.89. The summed E-state index contributed by atoms with van der Waals surface area (Å²) in [7, 11) is 0. The van der Waals surface area contributed by atoms with Gasteiger partial charge in [-0.2, -0.15) is 5.26 Å². The Morgan fingerprint density at radius 2 is 2.03 bits per heavy atom. The molecule has 0 radical (unpaired) electrons. The number of carbonyl (C=O) groups excluding carboxylic acids is 2.